The SMILES string of the molecule is CC(c1ccccc1)N(CCc1nc(-c2cccc([N+](=O)[O-])c2)no1)C(=O)c1ccc(C(F)(F)F)cc1. The van der Waals surface area contributed by atoms with Gasteiger partial charge in [-0.3, -0.25) is 14.9 Å². The maximum absolute atomic E-state index is 13.4. The Morgan fingerprint density at radius 1 is 1.05 bits per heavy atom. The quantitative estimate of drug-likeness (QED) is 0.209. The minimum atomic E-state index is -4.51. The molecule has 1 atom stereocenters. The molecular weight excluding hydrogens is 489 g/mol. The number of amides is 1. The van der Waals surface area contributed by atoms with Crippen LogP contribution in [0.4, 0.5) is 18.9 Å². The normalized spacial score (nSPS) is 12.2. The van der Waals surface area contributed by atoms with E-state index in [2.05, 4.69) is 10.1 Å². The largest absolute Gasteiger partial charge is 0.416 e. The molecule has 0 saturated carbocycles. The summed E-state index contributed by atoms with van der Waals surface area (Å²) < 4.78 is 44.2. The third kappa shape index (κ3) is 6.00. The Labute approximate surface area is 209 Å². The fraction of sp³-hybridized carbons (Fsp3) is 0.192. The van der Waals surface area contributed by atoms with Gasteiger partial charge in [0.05, 0.1) is 16.5 Å². The second kappa shape index (κ2) is 10.6. The lowest BCUT2D eigenvalue weighted by Crippen LogP contribution is -2.35. The van der Waals surface area contributed by atoms with Crippen LogP contribution in [0.1, 0.15) is 40.3 Å². The zero-order chi connectivity index (χ0) is 26.6. The number of hydrogen-bond donors (Lipinski definition) is 0. The molecule has 0 fully saturated rings. The predicted octanol–water partition coefficient (Wildman–Crippen LogP) is 6.11. The first-order valence-corrected chi connectivity index (χ1v) is 11.2. The minimum Gasteiger partial charge on any atom is -0.339 e. The van der Waals surface area contributed by atoms with Gasteiger partial charge in [-0.05, 0) is 36.8 Å². The Bertz CT molecular complexity index is 1390. The van der Waals surface area contributed by atoms with Crippen LogP contribution in [0, 0.1) is 10.1 Å². The van der Waals surface area contributed by atoms with Gasteiger partial charge >= 0.3 is 6.18 Å². The molecule has 1 heterocycles. The van der Waals surface area contributed by atoms with Gasteiger partial charge in [-0.2, -0.15) is 18.2 Å². The first-order chi connectivity index (χ1) is 17.6. The van der Waals surface area contributed by atoms with Crippen LogP contribution >= 0.6 is 0 Å². The third-order valence-electron chi connectivity index (χ3n) is 5.82. The molecule has 0 aliphatic rings. The van der Waals surface area contributed by atoms with Crippen LogP contribution in [0.5, 0.6) is 0 Å². The zero-order valence-corrected chi connectivity index (χ0v) is 19.6. The summed E-state index contributed by atoms with van der Waals surface area (Å²) >= 11 is 0. The average Bonchev–Trinajstić information content (AvgIpc) is 3.38. The number of carbonyl (C=O) groups is 1. The Kier molecular flexibility index (Phi) is 7.32. The van der Waals surface area contributed by atoms with Crippen molar-refractivity contribution < 1.29 is 27.4 Å². The number of nitro benzene ring substituents is 1. The molecule has 0 radical (unpaired) electrons. The van der Waals surface area contributed by atoms with Crippen molar-refractivity contribution in [1.29, 1.82) is 0 Å². The molecule has 0 saturated heterocycles. The van der Waals surface area contributed by atoms with Crippen molar-refractivity contribution >= 4 is 11.6 Å². The fourth-order valence-corrected chi connectivity index (χ4v) is 3.80. The summed E-state index contributed by atoms with van der Waals surface area (Å²) in [4.78, 5) is 29.7. The van der Waals surface area contributed by atoms with Crippen LogP contribution in [0.3, 0.4) is 0 Å². The smallest absolute Gasteiger partial charge is 0.339 e. The maximum atomic E-state index is 13.4. The summed E-state index contributed by atoms with van der Waals surface area (Å²) in [7, 11) is 0. The highest BCUT2D eigenvalue weighted by Crippen LogP contribution is 2.30. The van der Waals surface area contributed by atoms with Crippen LogP contribution in [0.25, 0.3) is 11.4 Å². The van der Waals surface area contributed by atoms with Crippen molar-refractivity contribution in [2.45, 2.75) is 25.6 Å². The summed E-state index contributed by atoms with van der Waals surface area (Å²) in [6.45, 7) is 1.95. The number of alkyl halides is 3. The van der Waals surface area contributed by atoms with Gasteiger partial charge in [0, 0.05) is 36.2 Å². The Morgan fingerprint density at radius 2 is 1.76 bits per heavy atom. The number of hydrogen-bond acceptors (Lipinski definition) is 6. The molecule has 0 aliphatic carbocycles. The molecular formula is C26H21F3N4O4. The lowest BCUT2D eigenvalue weighted by atomic mass is 10.0. The monoisotopic (exact) mass is 510 g/mol. The summed E-state index contributed by atoms with van der Waals surface area (Å²) in [6.07, 6.45) is -4.35. The highest BCUT2D eigenvalue weighted by atomic mass is 19.4. The number of nitro groups is 1. The summed E-state index contributed by atoms with van der Waals surface area (Å²) in [5.41, 5.74) is 0.392. The van der Waals surface area contributed by atoms with Gasteiger partial charge in [-0.1, -0.05) is 47.6 Å². The summed E-state index contributed by atoms with van der Waals surface area (Å²) in [6, 6.07) is 18.7. The number of rotatable bonds is 8. The van der Waals surface area contributed by atoms with Gasteiger partial charge in [0.2, 0.25) is 11.7 Å². The van der Waals surface area contributed by atoms with Crippen molar-refractivity contribution in [3.63, 3.8) is 0 Å². The molecule has 3 aromatic carbocycles. The van der Waals surface area contributed by atoms with E-state index in [1.54, 1.807) is 6.07 Å². The molecule has 0 bridgehead atoms. The molecule has 4 rings (SSSR count). The second-order valence-corrected chi connectivity index (χ2v) is 8.23. The Hall–Kier alpha value is -4.54. The van der Waals surface area contributed by atoms with E-state index in [0.29, 0.717) is 5.56 Å². The first-order valence-electron chi connectivity index (χ1n) is 11.2. The molecule has 1 amide bonds. The molecule has 8 nitrogen and oxygen atoms in total. The van der Waals surface area contributed by atoms with E-state index < -0.39 is 28.6 Å². The molecule has 4 aromatic rings. The van der Waals surface area contributed by atoms with Crippen molar-refractivity contribution in [3.8, 4) is 11.4 Å². The number of carbonyl (C=O) groups excluding carboxylic acids is 1. The Balaban J connectivity index is 1.56. The van der Waals surface area contributed by atoms with E-state index in [0.717, 1.165) is 29.8 Å². The average molecular weight is 510 g/mol. The van der Waals surface area contributed by atoms with Crippen LogP contribution in [0.2, 0.25) is 0 Å². The van der Waals surface area contributed by atoms with Gasteiger partial charge in [0.1, 0.15) is 0 Å². The second-order valence-electron chi connectivity index (χ2n) is 8.23. The number of non-ortho nitro benzene ring substituents is 1. The van der Waals surface area contributed by atoms with Crippen LogP contribution in [0.15, 0.2) is 83.4 Å². The van der Waals surface area contributed by atoms with Gasteiger partial charge in [0.25, 0.3) is 11.6 Å². The van der Waals surface area contributed by atoms with Crippen molar-refractivity contribution in [3.05, 3.63) is 112 Å². The predicted molar refractivity (Wildman–Crippen MR) is 127 cm³/mol. The maximum Gasteiger partial charge on any atom is 0.416 e. The third-order valence-corrected chi connectivity index (χ3v) is 5.82. The van der Waals surface area contributed by atoms with Crippen LogP contribution in [-0.4, -0.2) is 32.4 Å². The van der Waals surface area contributed by atoms with Gasteiger partial charge in [-0.15, -0.1) is 0 Å². The van der Waals surface area contributed by atoms with Gasteiger partial charge in [-0.25, -0.2) is 0 Å². The molecule has 1 unspecified atom stereocenters. The van der Waals surface area contributed by atoms with Crippen molar-refractivity contribution in [1.82, 2.24) is 15.0 Å². The number of nitrogens with zero attached hydrogens (tertiary/aromatic N) is 4. The molecule has 0 aliphatic heterocycles. The zero-order valence-electron chi connectivity index (χ0n) is 19.6. The standard InChI is InChI=1S/C26H21F3N4O4/c1-17(18-6-3-2-4-7-18)32(25(34)19-10-12-21(13-11-19)26(27,28)29)15-14-23-30-24(31-37-23)20-8-5-9-22(16-20)33(35)36/h2-13,16-17H,14-15H2,1H3. The van der Waals surface area contributed by atoms with Crippen molar-refractivity contribution in [2.24, 2.45) is 0 Å². The summed E-state index contributed by atoms with van der Waals surface area (Å²) in [5.74, 6) is -0.0917. The van der Waals surface area contributed by atoms with Crippen LogP contribution in [-0.2, 0) is 12.6 Å². The van der Waals surface area contributed by atoms with Crippen LogP contribution < -0.4 is 0 Å². The number of benzene rings is 3. The summed E-state index contributed by atoms with van der Waals surface area (Å²) in [5, 5.41) is 14.9. The first kappa shape index (κ1) is 25.5. The van der Waals surface area contributed by atoms with E-state index in [9.17, 15) is 28.1 Å². The van der Waals surface area contributed by atoms with E-state index in [-0.39, 0.29) is 35.9 Å². The molecule has 11 heteroatoms. The molecule has 0 N–H and O–H groups in total. The lowest BCUT2D eigenvalue weighted by molar-refractivity contribution is -0.384. The number of halogens is 3. The highest BCUT2D eigenvalue weighted by molar-refractivity contribution is 5.94. The number of aromatic nitrogens is 2. The lowest BCUT2D eigenvalue weighted by Gasteiger charge is -2.29. The van der Waals surface area contributed by atoms with E-state index >= 15 is 0 Å². The van der Waals surface area contributed by atoms with E-state index in [1.165, 1.54) is 23.1 Å². The van der Waals surface area contributed by atoms with Gasteiger partial charge < -0.3 is 9.42 Å². The molecule has 0 spiro atoms. The highest BCUT2D eigenvalue weighted by Gasteiger charge is 2.31. The van der Waals surface area contributed by atoms with E-state index in [4.69, 9.17) is 4.52 Å². The molecule has 1 aromatic heterocycles. The Morgan fingerprint density at radius 3 is 2.41 bits per heavy atom. The molecule has 37 heavy (non-hydrogen) atoms. The minimum absolute atomic E-state index is 0.110. The topological polar surface area (TPSA) is 102 Å². The van der Waals surface area contributed by atoms with Gasteiger partial charge in [0.15, 0.2) is 0 Å². The fourth-order valence-electron chi connectivity index (χ4n) is 3.80. The van der Waals surface area contributed by atoms with E-state index in [1.807, 2.05) is 37.3 Å². The molecule has 190 valence electrons. The van der Waals surface area contributed by atoms with Crippen molar-refractivity contribution in [2.75, 3.05) is 6.54 Å².